The summed E-state index contributed by atoms with van der Waals surface area (Å²) in [5.41, 5.74) is 0. The molecule has 1 atom stereocenters. The minimum Gasteiger partial charge on any atom is -0.396 e. The normalized spacial score (nSPS) is 20.3. The molecule has 1 aliphatic rings. The third-order valence-corrected chi connectivity index (χ3v) is 5.14. The van der Waals surface area contributed by atoms with Crippen LogP contribution in [0.1, 0.15) is 16.6 Å². The molecule has 1 aromatic rings. The zero-order chi connectivity index (χ0) is 13.7. The van der Waals surface area contributed by atoms with Crippen LogP contribution in [0.15, 0.2) is 16.3 Å². The van der Waals surface area contributed by atoms with Gasteiger partial charge in [-0.25, -0.2) is 0 Å². The molecule has 6 heteroatoms. The van der Waals surface area contributed by atoms with E-state index in [1.807, 2.05) is 12.1 Å². The summed E-state index contributed by atoms with van der Waals surface area (Å²) < 4.78 is 6.58. The summed E-state index contributed by atoms with van der Waals surface area (Å²) in [6.45, 7) is 4.41. The predicted octanol–water partition coefficient (Wildman–Crippen LogP) is 1.94. The topological polar surface area (TPSA) is 49.8 Å². The number of hydrogen-bond donors (Lipinski definition) is 1. The van der Waals surface area contributed by atoms with Crippen LogP contribution in [0.5, 0.6) is 0 Å². The number of thioether (sulfide) groups is 1. The summed E-state index contributed by atoms with van der Waals surface area (Å²) in [6.07, 6.45) is 0. The largest absolute Gasteiger partial charge is 0.396 e. The number of ether oxygens (including phenoxy) is 1. The molecule has 106 valence electrons. The molecule has 0 bridgehead atoms. The van der Waals surface area contributed by atoms with Crippen molar-refractivity contribution < 1.29 is 14.6 Å². The maximum absolute atomic E-state index is 12.4. The van der Waals surface area contributed by atoms with Crippen LogP contribution < -0.4 is 0 Å². The van der Waals surface area contributed by atoms with E-state index in [2.05, 4.69) is 6.92 Å². The second kappa shape index (κ2) is 7.28. The molecule has 0 aliphatic carbocycles. The lowest BCUT2D eigenvalue weighted by atomic mass is 10.1. The third-order valence-electron chi connectivity index (χ3n) is 2.96. The van der Waals surface area contributed by atoms with E-state index in [0.29, 0.717) is 26.3 Å². The fourth-order valence-corrected chi connectivity index (χ4v) is 4.00. The Hall–Kier alpha value is -0.560. The number of amides is 1. The first kappa shape index (κ1) is 14.8. The quantitative estimate of drug-likeness (QED) is 0.864. The molecule has 1 fully saturated rings. The molecule has 2 rings (SSSR count). The summed E-state index contributed by atoms with van der Waals surface area (Å²) in [7, 11) is 0. The molecule has 0 radical (unpaired) electrons. The molecule has 1 amide bonds. The summed E-state index contributed by atoms with van der Waals surface area (Å²) >= 11 is 3.30. The van der Waals surface area contributed by atoms with Crippen molar-refractivity contribution in [1.82, 2.24) is 4.90 Å². The molecule has 0 aromatic carbocycles. The van der Waals surface area contributed by atoms with Crippen LogP contribution in [0.2, 0.25) is 0 Å². The lowest BCUT2D eigenvalue weighted by molar-refractivity contribution is 0.0733. The Morgan fingerprint density at radius 1 is 1.63 bits per heavy atom. The van der Waals surface area contributed by atoms with E-state index in [0.717, 1.165) is 10.6 Å². The molecule has 0 spiro atoms. The molecular weight excluding hydrogens is 282 g/mol. The highest BCUT2D eigenvalue weighted by molar-refractivity contribution is 8.01. The monoisotopic (exact) mass is 301 g/mol. The molecule has 4 nitrogen and oxygen atoms in total. The van der Waals surface area contributed by atoms with Crippen molar-refractivity contribution in [2.24, 2.45) is 5.92 Å². The van der Waals surface area contributed by atoms with Gasteiger partial charge in [-0.15, -0.1) is 23.1 Å². The van der Waals surface area contributed by atoms with Crippen molar-refractivity contribution in [3.05, 3.63) is 17.0 Å². The molecule has 1 aliphatic heterocycles. The van der Waals surface area contributed by atoms with E-state index in [1.54, 1.807) is 28.0 Å². The number of carbonyl (C=O) groups is 1. The van der Waals surface area contributed by atoms with Crippen molar-refractivity contribution in [2.75, 3.05) is 38.7 Å². The third kappa shape index (κ3) is 3.95. The number of aliphatic hydroxyl groups is 1. The van der Waals surface area contributed by atoms with Gasteiger partial charge in [0.2, 0.25) is 0 Å². The first-order chi connectivity index (χ1) is 9.24. The number of carbonyl (C=O) groups excluding carboxylic acids is 1. The highest BCUT2D eigenvalue weighted by Crippen LogP contribution is 2.28. The maximum atomic E-state index is 12.4. The Kier molecular flexibility index (Phi) is 5.69. The van der Waals surface area contributed by atoms with Gasteiger partial charge in [0, 0.05) is 25.6 Å². The second-order valence-electron chi connectivity index (χ2n) is 4.43. The zero-order valence-electron chi connectivity index (χ0n) is 11.0. The van der Waals surface area contributed by atoms with Crippen LogP contribution in [0.3, 0.4) is 0 Å². The SMILES string of the molecule is CCSc1ccc(C(=O)N2CCOCC(CO)C2)s1. The van der Waals surface area contributed by atoms with Crippen LogP contribution in [0.4, 0.5) is 0 Å². The predicted molar refractivity (Wildman–Crippen MR) is 78.0 cm³/mol. The molecule has 19 heavy (non-hydrogen) atoms. The summed E-state index contributed by atoms with van der Waals surface area (Å²) in [4.78, 5) is 15.0. The number of nitrogens with zero attached hydrogens (tertiary/aromatic N) is 1. The average molecular weight is 301 g/mol. The van der Waals surface area contributed by atoms with E-state index < -0.39 is 0 Å². The van der Waals surface area contributed by atoms with Crippen LogP contribution in [0.25, 0.3) is 0 Å². The van der Waals surface area contributed by atoms with Gasteiger partial charge < -0.3 is 14.7 Å². The lowest BCUT2D eigenvalue weighted by Gasteiger charge is -2.21. The van der Waals surface area contributed by atoms with Gasteiger partial charge in [0.05, 0.1) is 22.3 Å². The molecule has 0 saturated carbocycles. The molecule has 1 saturated heterocycles. The molecule has 1 N–H and O–H groups in total. The highest BCUT2D eigenvalue weighted by Gasteiger charge is 2.23. The van der Waals surface area contributed by atoms with Gasteiger partial charge in [0.25, 0.3) is 5.91 Å². The van der Waals surface area contributed by atoms with Gasteiger partial charge in [-0.1, -0.05) is 6.92 Å². The molecular formula is C13H19NO3S2. The first-order valence-corrected chi connectivity index (χ1v) is 8.25. The number of thiophene rings is 1. The van der Waals surface area contributed by atoms with Crippen LogP contribution in [-0.2, 0) is 4.74 Å². The Morgan fingerprint density at radius 2 is 2.47 bits per heavy atom. The molecule has 1 aromatic heterocycles. The molecule has 2 heterocycles. The van der Waals surface area contributed by atoms with E-state index in [9.17, 15) is 9.90 Å². The summed E-state index contributed by atoms with van der Waals surface area (Å²) in [5.74, 6) is 1.09. The second-order valence-corrected chi connectivity index (χ2v) is 7.07. The number of hydrogen-bond acceptors (Lipinski definition) is 5. The standard InChI is InChI=1S/C13H19NO3S2/c1-2-18-12-4-3-11(19-12)13(16)14-5-6-17-9-10(7-14)8-15/h3-4,10,15H,2,5-9H2,1H3. The van der Waals surface area contributed by atoms with Crippen LogP contribution >= 0.6 is 23.1 Å². The van der Waals surface area contributed by atoms with Gasteiger partial charge in [-0.3, -0.25) is 4.79 Å². The highest BCUT2D eigenvalue weighted by atomic mass is 32.2. The molecule has 1 unspecified atom stereocenters. The number of aliphatic hydroxyl groups excluding tert-OH is 1. The minimum absolute atomic E-state index is 0.0240. The Bertz CT molecular complexity index is 422. The minimum atomic E-state index is 0.0240. The zero-order valence-corrected chi connectivity index (χ0v) is 12.6. The Labute approximate surface area is 121 Å². The van der Waals surface area contributed by atoms with Crippen molar-refractivity contribution in [3.8, 4) is 0 Å². The van der Waals surface area contributed by atoms with E-state index >= 15 is 0 Å². The lowest BCUT2D eigenvalue weighted by Crippen LogP contribution is -2.36. The van der Waals surface area contributed by atoms with E-state index in [-0.39, 0.29) is 18.4 Å². The van der Waals surface area contributed by atoms with Crippen molar-refractivity contribution in [3.63, 3.8) is 0 Å². The smallest absolute Gasteiger partial charge is 0.264 e. The van der Waals surface area contributed by atoms with Crippen LogP contribution in [-0.4, -0.2) is 54.6 Å². The Morgan fingerprint density at radius 3 is 3.21 bits per heavy atom. The Balaban J connectivity index is 2.04. The fourth-order valence-electron chi connectivity index (χ4n) is 1.99. The van der Waals surface area contributed by atoms with E-state index in [4.69, 9.17) is 4.74 Å². The van der Waals surface area contributed by atoms with Gasteiger partial charge in [-0.05, 0) is 17.9 Å². The van der Waals surface area contributed by atoms with Gasteiger partial charge in [-0.2, -0.15) is 0 Å². The van der Waals surface area contributed by atoms with E-state index in [1.165, 1.54) is 4.21 Å². The van der Waals surface area contributed by atoms with Crippen molar-refractivity contribution in [2.45, 2.75) is 11.1 Å². The van der Waals surface area contributed by atoms with Gasteiger partial charge in [0.1, 0.15) is 0 Å². The summed E-state index contributed by atoms with van der Waals surface area (Å²) in [6, 6.07) is 3.90. The van der Waals surface area contributed by atoms with Crippen LogP contribution in [0, 0.1) is 5.92 Å². The average Bonchev–Trinajstić information content (AvgIpc) is 2.75. The number of rotatable bonds is 4. The fraction of sp³-hybridized carbons (Fsp3) is 0.615. The van der Waals surface area contributed by atoms with Crippen molar-refractivity contribution >= 4 is 29.0 Å². The van der Waals surface area contributed by atoms with Gasteiger partial charge >= 0.3 is 0 Å². The van der Waals surface area contributed by atoms with Gasteiger partial charge in [0.15, 0.2) is 0 Å². The first-order valence-electron chi connectivity index (χ1n) is 6.45. The van der Waals surface area contributed by atoms with Crippen molar-refractivity contribution in [1.29, 1.82) is 0 Å². The maximum Gasteiger partial charge on any atom is 0.264 e. The summed E-state index contributed by atoms with van der Waals surface area (Å²) in [5, 5.41) is 9.24.